The van der Waals surface area contributed by atoms with Crippen LogP contribution in [0.4, 0.5) is 0 Å². The van der Waals surface area contributed by atoms with Gasteiger partial charge in [0.1, 0.15) is 5.75 Å². The lowest BCUT2D eigenvalue weighted by atomic mass is 10.1. The van der Waals surface area contributed by atoms with Crippen LogP contribution in [-0.4, -0.2) is 16.9 Å². The summed E-state index contributed by atoms with van der Waals surface area (Å²) in [6.45, 7) is 6.01. The molecule has 2 rings (SSSR count). The van der Waals surface area contributed by atoms with E-state index in [0.717, 1.165) is 26.7 Å². The lowest BCUT2D eigenvalue weighted by Gasteiger charge is -2.06. The molecule has 3 nitrogen and oxygen atoms in total. The first kappa shape index (κ1) is 13.0. The normalized spacial score (nSPS) is 9.88. The van der Waals surface area contributed by atoms with Gasteiger partial charge in [0.25, 0.3) is 0 Å². The van der Waals surface area contributed by atoms with E-state index in [0.29, 0.717) is 0 Å². The first-order valence-corrected chi connectivity index (χ1v) is 6.09. The summed E-state index contributed by atoms with van der Waals surface area (Å²) in [5, 5.41) is 5.50. The van der Waals surface area contributed by atoms with Crippen molar-refractivity contribution in [2.45, 2.75) is 20.8 Å². The van der Waals surface area contributed by atoms with Gasteiger partial charge in [-0.15, -0.1) is 0 Å². The minimum Gasteiger partial charge on any atom is -0.495 e. The molecular weight excluding hydrogens is 268 g/mol. The Hall–Kier alpha value is -1.03. The van der Waals surface area contributed by atoms with Gasteiger partial charge in [0.05, 0.1) is 17.1 Å². The van der Waals surface area contributed by atoms with E-state index in [9.17, 15) is 0 Å². The molecule has 0 saturated heterocycles. The first-order chi connectivity index (χ1) is 7.63. The first-order valence-electron chi connectivity index (χ1n) is 5.30. The van der Waals surface area contributed by atoms with Crippen LogP contribution in [0.5, 0.6) is 5.75 Å². The average molecular weight is 285 g/mol. The maximum atomic E-state index is 5.30. The number of halogens is 1. The number of hydrogen-bond acceptors (Lipinski definition) is 2. The Morgan fingerprint density at radius 3 is 2.56 bits per heavy atom. The predicted octanol–water partition coefficient (Wildman–Crippen LogP) is 3.68. The number of ether oxygens (including phenoxy) is 1. The fraction of sp³-hybridized carbons (Fsp3) is 0.417. The summed E-state index contributed by atoms with van der Waals surface area (Å²) in [6, 6.07) is 2.02. The highest BCUT2D eigenvalue weighted by Crippen LogP contribution is 2.34. The van der Waals surface area contributed by atoms with Gasteiger partial charge in [-0.25, -0.2) is 0 Å². The number of rotatable bonds is 1. The van der Waals surface area contributed by atoms with Gasteiger partial charge in [-0.2, -0.15) is 5.10 Å². The van der Waals surface area contributed by atoms with E-state index >= 15 is 0 Å². The number of hydrogen-bond donors (Lipinski definition) is 0. The standard InChI is InChI=1S/C10H11BrN2O.C2H6/c1-6-9-7(5-13(2)12-9)4-8(11)10(6)14-3;1-2/h4-5H,1-3H3;1-2H3. The molecule has 88 valence electrons. The van der Waals surface area contributed by atoms with Crippen LogP contribution < -0.4 is 4.74 Å². The Morgan fingerprint density at radius 2 is 2.00 bits per heavy atom. The molecule has 0 saturated carbocycles. The van der Waals surface area contributed by atoms with Gasteiger partial charge in [-0.3, -0.25) is 4.68 Å². The van der Waals surface area contributed by atoms with Gasteiger partial charge in [-0.1, -0.05) is 13.8 Å². The molecule has 0 aliphatic rings. The number of methoxy groups -OCH3 is 1. The SMILES string of the molecule is CC.COc1c(Br)cc2cn(C)nc2c1C. The van der Waals surface area contributed by atoms with Gasteiger partial charge in [0.2, 0.25) is 0 Å². The van der Waals surface area contributed by atoms with Crippen LogP contribution in [0, 0.1) is 6.92 Å². The summed E-state index contributed by atoms with van der Waals surface area (Å²) < 4.78 is 8.08. The molecule has 0 atom stereocenters. The number of benzene rings is 1. The monoisotopic (exact) mass is 284 g/mol. The zero-order valence-corrected chi connectivity index (χ0v) is 11.9. The molecule has 1 aromatic carbocycles. The highest BCUT2D eigenvalue weighted by atomic mass is 79.9. The predicted molar refractivity (Wildman–Crippen MR) is 71.1 cm³/mol. The average Bonchev–Trinajstić information content (AvgIpc) is 2.63. The van der Waals surface area contributed by atoms with E-state index in [2.05, 4.69) is 21.0 Å². The number of aromatic nitrogens is 2. The van der Waals surface area contributed by atoms with Crippen LogP contribution in [0.25, 0.3) is 10.9 Å². The summed E-state index contributed by atoms with van der Waals surface area (Å²) >= 11 is 3.48. The van der Waals surface area contributed by atoms with Crippen molar-refractivity contribution in [1.82, 2.24) is 9.78 Å². The topological polar surface area (TPSA) is 27.1 Å². The summed E-state index contributed by atoms with van der Waals surface area (Å²) in [5.74, 6) is 0.858. The van der Waals surface area contributed by atoms with E-state index in [1.165, 1.54) is 0 Å². The van der Waals surface area contributed by atoms with Gasteiger partial charge in [0.15, 0.2) is 0 Å². The van der Waals surface area contributed by atoms with E-state index in [4.69, 9.17) is 4.74 Å². The van der Waals surface area contributed by atoms with Gasteiger partial charge in [-0.05, 0) is 28.9 Å². The minimum absolute atomic E-state index is 0.858. The molecule has 1 aromatic heterocycles. The second-order valence-electron chi connectivity index (χ2n) is 3.26. The maximum Gasteiger partial charge on any atom is 0.138 e. The Labute approximate surface area is 105 Å². The van der Waals surface area contributed by atoms with E-state index in [1.54, 1.807) is 7.11 Å². The smallest absolute Gasteiger partial charge is 0.138 e. The van der Waals surface area contributed by atoms with Crippen LogP contribution >= 0.6 is 15.9 Å². The fourth-order valence-corrected chi connectivity index (χ4v) is 2.35. The lowest BCUT2D eigenvalue weighted by molar-refractivity contribution is 0.409. The lowest BCUT2D eigenvalue weighted by Crippen LogP contribution is -1.90. The number of nitrogens with zero attached hydrogens (tertiary/aromatic N) is 2. The molecule has 16 heavy (non-hydrogen) atoms. The maximum absolute atomic E-state index is 5.30. The molecule has 0 aliphatic carbocycles. The zero-order chi connectivity index (χ0) is 12.3. The van der Waals surface area contributed by atoms with Crippen molar-refractivity contribution in [2.24, 2.45) is 7.05 Å². The summed E-state index contributed by atoms with van der Waals surface area (Å²) in [7, 11) is 3.59. The fourth-order valence-electron chi connectivity index (χ4n) is 1.64. The Morgan fingerprint density at radius 1 is 1.38 bits per heavy atom. The highest BCUT2D eigenvalue weighted by Gasteiger charge is 2.11. The summed E-state index contributed by atoms with van der Waals surface area (Å²) in [6.07, 6.45) is 1.99. The van der Waals surface area contributed by atoms with Crippen molar-refractivity contribution in [2.75, 3.05) is 7.11 Å². The third kappa shape index (κ3) is 2.21. The van der Waals surface area contributed by atoms with Crippen LogP contribution in [0.2, 0.25) is 0 Å². The van der Waals surface area contributed by atoms with E-state index in [-0.39, 0.29) is 0 Å². The molecule has 4 heteroatoms. The molecule has 0 aliphatic heterocycles. The molecule has 0 spiro atoms. The third-order valence-corrected chi connectivity index (χ3v) is 2.85. The van der Waals surface area contributed by atoms with Crippen molar-refractivity contribution in [3.8, 4) is 5.75 Å². The number of aryl methyl sites for hydroxylation is 2. The minimum atomic E-state index is 0.858. The zero-order valence-electron chi connectivity index (χ0n) is 10.3. The Kier molecular flexibility index (Phi) is 4.35. The molecular formula is C12H17BrN2O. The second kappa shape index (κ2) is 5.34. The van der Waals surface area contributed by atoms with Gasteiger partial charge >= 0.3 is 0 Å². The highest BCUT2D eigenvalue weighted by molar-refractivity contribution is 9.10. The molecule has 0 radical (unpaired) electrons. The molecule has 1 heterocycles. The summed E-state index contributed by atoms with van der Waals surface area (Å²) in [4.78, 5) is 0. The second-order valence-corrected chi connectivity index (χ2v) is 4.11. The van der Waals surface area contributed by atoms with Crippen molar-refractivity contribution in [3.63, 3.8) is 0 Å². The van der Waals surface area contributed by atoms with Crippen LogP contribution in [-0.2, 0) is 7.05 Å². The molecule has 0 fully saturated rings. The van der Waals surface area contributed by atoms with Crippen molar-refractivity contribution in [1.29, 1.82) is 0 Å². The molecule has 0 amide bonds. The molecule has 0 bridgehead atoms. The van der Waals surface area contributed by atoms with Gasteiger partial charge < -0.3 is 4.74 Å². The quantitative estimate of drug-likeness (QED) is 0.799. The van der Waals surface area contributed by atoms with Crippen molar-refractivity contribution < 1.29 is 4.74 Å². The Bertz CT molecular complexity index is 491. The largest absolute Gasteiger partial charge is 0.495 e. The van der Waals surface area contributed by atoms with E-state index < -0.39 is 0 Å². The van der Waals surface area contributed by atoms with Gasteiger partial charge in [0, 0.05) is 24.2 Å². The third-order valence-electron chi connectivity index (χ3n) is 2.26. The summed E-state index contributed by atoms with van der Waals surface area (Å²) in [5.41, 5.74) is 2.06. The molecule has 0 N–H and O–H groups in total. The molecule has 2 aromatic rings. The van der Waals surface area contributed by atoms with Crippen molar-refractivity contribution >= 4 is 26.8 Å². The van der Waals surface area contributed by atoms with Crippen LogP contribution in [0.15, 0.2) is 16.7 Å². The van der Waals surface area contributed by atoms with Crippen LogP contribution in [0.3, 0.4) is 0 Å². The Balaban J connectivity index is 0.000000606. The van der Waals surface area contributed by atoms with Crippen molar-refractivity contribution in [3.05, 3.63) is 22.3 Å². The van der Waals surface area contributed by atoms with E-state index in [1.807, 2.05) is 44.8 Å². The molecule has 0 unspecified atom stereocenters. The number of fused-ring (bicyclic) bond motifs is 1. The van der Waals surface area contributed by atoms with Crippen LogP contribution in [0.1, 0.15) is 19.4 Å².